The highest BCUT2D eigenvalue weighted by molar-refractivity contribution is 7.10. The summed E-state index contributed by atoms with van der Waals surface area (Å²) in [5.74, 6) is -0.881. The monoisotopic (exact) mass is 421 g/mol. The lowest BCUT2D eigenvalue weighted by atomic mass is 10.1. The van der Waals surface area contributed by atoms with Gasteiger partial charge >= 0.3 is 0 Å². The van der Waals surface area contributed by atoms with Gasteiger partial charge in [0, 0.05) is 23.1 Å². The van der Waals surface area contributed by atoms with Crippen molar-refractivity contribution in [3.05, 3.63) is 74.6 Å². The van der Waals surface area contributed by atoms with E-state index in [1.54, 1.807) is 17.5 Å². The summed E-state index contributed by atoms with van der Waals surface area (Å²) in [5, 5.41) is 22.5. The van der Waals surface area contributed by atoms with Gasteiger partial charge in [-0.25, -0.2) is 4.98 Å². The van der Waals surface area contributed by atoms with Gasteiger partial charge in [-0.15, -0.1) is 11.3 Å². The van der Waals surface area contributed by atoms with E-state index in [0.29, 0.717) is 22.0 Å². The van der Waals surface area contributed by atoms with Crippen LogP contribution in [-0.2, 0) is 11.2 Å². The Bertz CT molecular complexity index is 1090. The number of carbonyl (C=O) groups excluding carboxylic acids is 1. The Morgan fingerprint density at radius 2 is 2.07 bits per heavy atom. The predicted octanol–water partition coefficient (Wildman–Crippen LogP) is 4.93. The molecular formula is C22H19N3O4S. The molecule has 0 saturated carbocycles. The molecule has 0 aliphatic carbocycles. The van der Waals surface area contributed by atoms with E-state index in [9.17, 15) is 20.2 Å². The molecule has 2 aromatic carbocycles. The molecule has 30 heavy (non-hydrogen) atoms. The lowest BCUT2D eigenvalue weighted by Crippen LogP contribution is -2.19. The van der Waals surface area contributed by atoms with Crippen LogP contribution in [0.25, 0.3) is 11.3 Å². The van der Waals surface area contributed by atoms with Crippen LogP contribution in [-0.4, -0.2) is 22.3 Å². The van der Waals surface area contributed by atoms with Crippen LogP contribution in [0.2, 0.25) is 0 Å². The van der Waals surface area contributed by atoms with Crippen molar-refractivity contribution in [2.24, 2.45) is 0 Å². The summed E-state index contributed by atoms with van der Waals surface area (Å²) in [5.41, 5.74) is 2.19. The largest absolute Gasteiger partial charge is 0.486 e. The summed E-state index contributed by atoms with van der Waals surface area (Å²) in [7, 11) is 0. The molecular weight excluding hydrogens is 402 g/mol. The molecule has 152 valence electrons. The summed E-state index contributed by atoms with van der Waals surface area (Å²) in [4.78, 5) is 27.4. The topological polar surface area (TPSA) is 106 Å². The number of aromatic nitrogens is 1. The zero-order valence-electron chi connectivity index (χ0n) is 16.3. The number of nitro benzene ring substituents is 1. The minimum Gasteiger partial charge on any atom is -0.486 e. The maximum Gasteiger partial charge on any atom is 0.270 e. The first-order chi connectivity index (χ1) is 14.5. The fourth-order valence-electron chi connectivity index (χ4n) is 2.88. The van der Waals surface area contributed by atoms with Crippen molar-refractivity contribution in [3.63, 3.8) is 0 Å². The molecule has 3 rings (SSSR count). The Hall–Kier alpha value is -3.57. The number of thiazole rings is 1. The molecule has 0 saturated heterocycles. The van der Waals surface area contributed by atoms with Gasteiger partial charge in [0.25, 0.3) is 5.69 Å². The molecule has 1 aromatic heterocycles. The summed E-state index contributed by atoms with van der Waals surface area (Å²) >= 11 is 1.17. The fraction of sp³-hybridized carbons (Fsp3) is 0.227. The van der Waals surface area contributed by atoms with Crippen LogP contribution in [0.15, 0.2) is 53.9 Å². The molecule has 3 aromatic rings. The number of hydrogen-bond acceptors (Lipinski definition) is 7. The molecule has 1 heterocycles. The number of hydrogen-bond donors (Lipinski definition) is 0. The highest BCUT2D eigenvalue weighted by atomic mass is 32.1. The minimum absolute atomic E-state index is 0.0479. The van der Waals surface area contributed by atoms with Gasteiger partial charge in [-0.1, -0.05) is 37.6 Å². The van der Waals surface area contributed by atoms with Gasteiger partial charge in [-0.05, 0) is 24.1 Å². The molecule has 0 radical (unpaired) electrons. The molecule has 0 fully saturated rings. The first kappa shape index (κ1) is 21.1. The third-order valence-electron chi connectivity index (χ3n) is 4.42. The van der Waals surface area contributed by atoms with Gasteiger partial charge < -0.3 is 4.74 Å². The molecule has 0 aliphatic heterocycles. The molecule has 1 unspecified atom stereocenters. The predicted molar refractivity (Wildman–Crippen MR) is 113 cm³/mol. The standard InChI is InChI=1S/C22H19N3O4S/c1-2-4-15-7-9-18(10-8-15)29-13-21(26)19(12-23)22-24-20(14-30-22)16-5-3-6-17(11-16)25(27)28/h3,5-11,14,19H,2,4,13H2,1H3. The van der Waals surface area contributed by atoms with E-state index in [4.69, 9.17) is 4.74 Å². The zero-order valence-corrected chi connectivity index (χ0v) is 17.1. The van der Waals surface area contributed by atoms with E-state index in [1.807, 2.05) is 30.3 Å². The first-order valence-corrected chi connectivity index (χ1v) is 10.2. The smallest absolute Gasteiger partial charge is 0.270 e. The Morgan fingerprint density at radius 3 is 2.73 bits per heavy atom. The lowest BCUT2D eigenvalue weighted by Gasteiger charge is -2.08. The SMILES string of the molecule is CCCc1ccc(OCC(=O)C(C#N)c2nc(-c3cccc([N+](=O)[O-])c3)cs2)cc1. The van der Waals surface area contributed by atoms with Crippen LogP contribution < -0.4 is 4.74 Å². The lowest BCUT2D eigenvalue weighted by molar-refractivity contribution is -0.384. The second-order valence-corrected chi connectivity index (χ2v) is 7.48. The molecule has 1 atom stereocenters. The fourth-order valence-corrected chi connectivity index (χ4v) is 3.77. The molecule has 0 spiro atoms. The van der Waals surface area contributed by atoms with Crippen molar-refractivity contribution in [2.75, 3.05) is 6.61 Å². The van der Waals surface area contributed by atoms with Gasteiger partial charge in [0.2, 0.25) is 0 Å². The van der Waals surface area contributed by atoms with Crippen LogP contribution >= 0.6 is 11.3 Å². The molecule has 8 heteroatoms. The van der Waals surface area contributed by atoms with Crippen molar-refractivity contribution in [1.82, 2.24) is 4.98 Å². The highest BCUT2D eigenvalue weighted by Crippen LogP contribution is 2.29. The van der Waals surface area contributed by atoms with Crippen molar-refractivity contribution in [2.45, 2.75) is 25.7 Å². The first-order valence-electron chi connectivity index (χ1n) is 9.36. The van der Waals surface area contributed by atoms with E-state index in [-0.39, 0.29) is 12.3 Å². The third-order valence-corrected chi connectivity index (χ3v) is 5.33. The minimum atomic E-state index is -1.05. The number of Topliss-reactive ketones (excluding diaryl/α,β-unsaturated/α-hetero) is 1. The molecule has 0 amide bonds. The van der Waals surface area contributed by atoms with E-state index < -0.39 is 16.6 Å². The second kappa shape index (κ2) is 9.76. The Morgan fingerprint density at radius 1 is 1.30 bits per heavy atom. The van der Waals surface area contributed by atoms with E-state index in [0.717, 1.165) is 12.8 Å². The maximum absolute atomic E-state index is 12.5. The van der Waals surface area contributed by atoms with E-state index in [2.05, 4.69) is 11.9 Å². The number of nitriles is 1. The van der Waals surface area contributed by atoms with Crippen molar-refractivity contribution in [3.8, 4) is 23.1 Å². The average molecular weight is 421 g/mol. The number of aryl methyl sites for hydroxylation is 1. The third kappa shape index (κ3) is 5.07. The van der Waals surface area contributed by atoms with Gasteiger partial charge in [-0.2, -0.15) is 5.26 Å². The highest BCUT2D eigenvalue weighted by Gasteiger charge is 2.24. The average Bonchev–Trinajstić information content (AvgIpc) is 3.24. The van der Waals surface area contributed by atoms with Crippen molar-refractivity contribution >= 4 is 22.8 Å². The number of ether oxygens (including phenoxy) is 1. The second-order valence-electron chi connectivity index (χ2n) is 6.59. The van der Waals surface area contributed by atoms with Crippen LogP contribution in [0, 0.1) is 21.4 Å². The number of nitro groups is 1. The Labute approximate surface area is 177 Å². The van der Waals surface area contributed by atoms with Crippen molar-refractivity contribution in [1.29, 1.82) is 5.26 Å². The van der Waals surface area contributed by atoms with Gasteiger partial charge in [0.15, 0.2) is 11.7 Å². The van der Waals surface area contributed by atoms with E-state index >= 15 is 0 Å². The van der Waals surface area contributed by atoms with Crippen LogP contribution in [0.1, 0.15) is 29.8 Å². The van der Waals surface area contributed by atoms with Gasteiger partial charge in [0.1, 0.15) is 17.4 Å². The summed E-state index contributed by atoms with van der Waals surface area (Å²) in [6, 6.07) is 15.6. The van der Waals surface area contributed by atoms with Crippen LogP contribution in [0.5, 0.6) is 5.75 Å². The van der Waals surface area contributed by atoms with Crippen LogP contribution in [0.3, 0.4) is 0 Å². The maximum atomic E-state index is 12.5. The van der Waals surface area contributed by atoms with E-state index in [1.165, 1.54) is 29.0 Å². The number of non-ortho nitro benzene ring substituents is 1. The number of carbonyl (C=O) groups is 1. The van der Waals surface area contributed by atoms with Gasteiger partial charge in [0.05, 0.1) is 16.7 Å². The van der Waals surface area contributed by atoms with Crippen molar-refractivity contribution < 1.29 is 14.5 Å². The zero-order chi connectivity index (χ0) is 21.5. The van der Waals surface area contributed by atoms with Gasteiger partial charge in [-0.3, -0.25) is 14.9 Å². The number of ketones is 1. The summed E-state index contributed by atoms with van der Waals surface area (Å²) in [6.45, 7) is 1.87. The van der Waals surface area contributed by atoms with Crippen LogP contribution in [0.4, 0.5) is 5.69 Å². The number of nitrogens with zero attached hydrogens (tertiary/aromatic N) is 3. The Balaban J connectivity index is 1.68. The number of rotatable bonds is 9. The summed E-state index contributed by atoms with van der Waals surface area (Å²) < 4.78 is 5.54. The number of benzene rings is 2. The normalized spacial score (nSPS) is 11.5. The quantitative estimate of drug-likeness (QED) is 0.358. The molecule has 7 nitrogen and oxygen atoms in total. The molecule has 0 N–H and O–H groups in total. The summed E-state index contributed by atoms with van der Waals surface area (Å²) in [6.07, 6.45) is 2.03. The Kier molecular flexibility index (Phi) is 6.88. The molecule has 0 aliphatic rings. The molecule has 0 bridgehead atoms.